The van der Waals surface area contributed by atoms with Crippen molar-refractivity contribution in [2.45, 2.75) is 39.2 Å². The Morgan fingerprint density at radius 2 is 1.64 bits per heavy atom. The Bertz CT molecular complexity index is 125. The molecule has 1 fully saturated rings. The van der Waals surface area contributed by atoms with Gasteiger partial charge in [0.05, 0.1) is 12.0 Å². The van der Waals surface area contributed by atoms with E-state index >= 15 is 0 Å². The van der Waals surface area contributed by atoms with Gasteiger partial charge < -0.3 is 10.2 Å². The molecule has 1 aliphatic carbocycles. The van der Waals surface area contributed by atoms with E-state index < -0.39 is 5.97 Å². The third-order valence-corrected chi connectivity index (χ3v) is 2.05. The molecule has 0 bridgehead atoms. The maximum absolute atomic E-state index is 10.4. The molecule has 0 aromatic rings. The molecule has 1 aliphatic rings. The average molecular weight is 160 g/mol. The van der Waals surface area contributed by atoms with Crippen molar-refractivity contribution in [3.63, 3.8) is 0 Å². The van der Waals surface area contributed by atoms with E-state index in [1.54, 1.807) is 0 Å². The Morgan fingerprint density at radius 1 is 1.18 bits per heavy atom. The van der Waals surface area contributed by atoms with Crippen molar-refractivity contribution in [1.29, 1.82) is 0 Å². The molecule has 1 saturated carbocycles. The molecule has 0 amide bonds. The lowest BCUT2D eigenvalue weighted by atomic mass is 9.88. The molecule has 66 valence electrons. The zero-order chi connectivity index (χ0) is 7.56. The van der Waals surface area contributed by atoms with Gasteiger partial charge in [0, 0.05) is 0 Å². The molecule has 0 aliphatic heterocycles. The van der Waals surface area contributed by atoms with Crippen LogP contribution in [-0.4, -0.2) is 22.3 Å². The fourth-order valence-electron chi connectivity index (χ4n) is 1.32. The summed E-state index contributed by atoms with van der Waals surface area (Å²) >= 11 is 0. The number of hydrogen-bond donors (Lipinski definition) is 2. The average Bonchev–Trinajstić information content (AvgIpc) is 1.88. The summed E-state index contributed by atoms with van der Waals surface area (Å²) in [6, 6.07) is 0. The van der Waals surface area contributed by atoms with Crippen molar-refractivity contribution in [1.82, 2.24) is 0 Å². The SMILES string of the molecule is C.O=C(O)C1CCC(O)CC1. The maximum atomic E-state index is 10.4. The van der Waals surface area contributed by atoms with Gasteiger partial charge in [-0.15, -0.1) is 0 Å². The number of carboxylic acid groups (broad SMARTS) is 1. The summed E-state index contributed by atoms with van der Waals surface area (Å²) in [4.78, 5) is 10.4. The molecule has 0 unspecified atom stereocenters. The number of rotatable bonds is 1. The lowest BCUT2D eigenvalue weighted by molar-refractivity contribution is -0.143. The second kappa shape index (κ2) is 4.34. The lowest BCUT2D eigenvalue weighted by Crippen LogP contribution is -2.23. The number of aliphatic hydroxyl groups is 1. The van der Waals surface area contributed by atoms with E-state index in [2.05, 4.69) is 0 Å². The fraction of sp³-hybridized carbons (Fsp3) is 0.875. The van der Waals surface area contributed by atoms with Gasteiger partial charge in [-0.3, -0.25) is 4.79 Å². The summed E-state index contributed by atoms with van der Waals surface area (Å²) in [6.45, 7) is 0. The highest BCUT2D eigenvalue weighted by Gasteiger charge is 2.24. The fourth-order valence-corrected chi connectivity index (χ4v) is 1.32. The first-order valence-electron chi connectivity index (χ1n) is 3.61. The molecule has 2 N–H and O–H groups in total. The van der Waals surface area contributed by atoms with Crippen LogP contribution in [0.2, 0.25) is 0 Å². The van der Waals surface area contributed by atoms with Crippen LogP contribution >= 0.6 is 0 Å². The molecule has 0 aromatic carbocycles. The van der Waals surface area contributed by atoms with Crippen LogP contribution in [0.5, 0.6) is 0 Å². The Balaban J connectivity index is 0.000001000. The number of carbonyl (C=O) groups is 1. The van der Waals surface area contributed by atoms with Gasteiger partial charge in [0.1, 0.15) is 0 Å². The smallest absolute Gasteiger partial charge is 0.306 e. The second-order valence-electron chi connectivity index (χ2n) is 2.84. The van der Waals surface area contributed by atoms with E-state index in [1.807, 2.05) is 0 Å². The van der Waals surface area contributed by atoms with Crippen LogP contribution in [0.25, 0.3) is 0 Å². The van der Waals surface area contributed by atoms with Crippen LogP contribution in [0.4, 0.5) is 0 Å². The highest BCUT2D eigenvalue weighted by Crippen LogP contribution is 2.23. The highest BCUT2D eigenvalue weighted by molar-refractivity contribution is 5.69. The Morgan fingerprint density at radius 3 is 2.00 bits per heavy atom. The summed E-state index contributed by atoms with van der Waals surface area (Å²) in [5.41, 5.74) is 0. The zero-order valence-electron chi connectivity index (χ0n) is 5.79. The van der Waals surface area contributed by atoms with Crippen LogP contribution in [0.1, 0.15) is 33.1 Å². The minimum Gasteiger partial charge on any atom is -0.481 e. The van der Waals surface area contributed by atoms with E-state index in [9.17, 15) is 4.79 Å². The van der Waals surface area contributed by atoms with Crippen molar-refractivity contribution in [2.24, 2.45) is 5.92 Å². The molecule has 3 nitrogen and oxygen atoms in total. The van der Waals surface area contributed by atoms with Gasteiger partial charge in [-0.05, 0) is 25.7 Å². The van der Waals surface area contributed by atoms with Crippen LogP contribution in [0, 0.1) is 5.92 Å². The minimum atomic E-state index is -0.716. The summed E-state index contributed by atoms with van der Waals surface area (Å²) in [5, 5.41) is 17.6. The predicted octanol–water partition coefficient (Wildman–Crippen LogP) is 1.26. The third kappa shape index (κ3) is 2.89. The van der Waals surface area contributed by atoms with Crippen LogP contribution in [0.15, 0.2) is 0 Å². The maximum Gasteiger partial charge on any atom is 0.306 e. The molecular formula is C8H16O3. The first-order chi connectivity index (χ1) is 4.70. The topological polar surface area (TPSA) is 57.5 Å². The van der Waals surface area contributed by atoms with Gasteiger partial charge in [-0.25, -0.2) is 0 Å². The first-order valence-corrected chi connectivity index (χ1v) is 3.61. The van der Waals surface area contributed by atoms with Crippen LogP contribution in [-0.2, 0) is 4.79 Å². The van der Waals surface area contributed by atoms with Gasteiger partial charge in [0.25, 0.3) is 0 Å². The third-order valence-electron chi connectivity index (χ3n) is 2.05. The Hall–Kier alpha value is -0.570. The van der Waals surface area contributed by atoms with E-state index in [0.29, 0.717) is 25.7 Å². The van der Waals surface area contributed by atoms with Gasteiger partial charge in [-0.2, -0.15) is 0 Å². The number of carboxylic acids is 1. The quantitative estimate of drug-likeness (QED) is 0.607. The summed E-state index contributed by atoms with van der Waals surface area (Å²) in [6.07, 6.45) is 2.32. The molecule has 0 spiro atoms. The van der Waals surface area contributed by atoms with Crippen molar-refractivity contribution in [3.8, 4) is 0 Å². The van der Waals surface area contributed by atoms with Gasteiger partial charge in [0.2, 0.25) is 0 Å². The normalized spacial score (nSPS) is 30.6. The second-order valence-corrected chi connectivity index (χ2v) is 2.84. The molecule has 11 heavy (non-hydrogen) atoms. The largest absolute Gasteiger partial charge is 0.481 e. The zero-order valence-corrected chi connectivity index (χ0v) is 5.79. The molecule has 0 heterocycles. The van der Waals surface area contributed by atoms with Crippen molar-refractivity contribution < 1.29 is 15.0 Å². The Labute approximate surface area is 67.0 Å². The first kappa shape index (κ1) is 10.4. The van der Waals surface area contributed by atoms with Gasteiger partial charge >= 0.3 is 5.97 Å². The van der Waals surface area contributed by atoms with E-state index in [1.165, 1.54) is 0 Å². The lowest BCUT2D eigenvalue weighted by Gasteiger charge is -2.21. The molecule has 3 heteroatoms. The molecule has 0 radical (unpaired) electrons. The van der Waals surface area contributed by atoms with Crippen molar-refractivity contribution >= 4 is 5.97 Å². The highest BCUT2D eigenvalue weighted by atomic mass is 16.4. The van der Waals surface area contributed by atoms with Crippen LogP contribution in [0.3, 0.4) is 0 Å². The standard InChI is InChI=1S/C7H12O3.CH4/c8-6-3-1-5(2-4-6)7(9)10;/h5-6,8H,1-4H2,(H,9,10);1H4. The molecular weight excluding hydrogens is 144 g/mol. The summed E-state index contributed by atoms with van der Waals surface area (Å²) in [7, 11) is 0. The summed E-state index contributed by atoms with van der Waals surface area (Å²) < 4.78 is 0. The number of aliphatic hydroxyl groups excluding tert-OH is 1. The van der Waals surface area contributed by atoms with Gasteiger partial charge in [0.15, 0.2) is 0 Å². The monoisotopic (exact) mass is 160 g/mol. The summed E-state index contributed by atoms with van der Waals surface area (Å²) in [5.74, 6) is -0.921. The van der Waals surface area contributed by atoms with Gasteiger partial charge in [-0.1, -0.05) is 7.43 Å². The van der Waals surface area contributed by atoms with Crippen molar-refractivity contribution in [2.75, 3.05) is 0 Å². The molecule has 0 atom stereocenters. The van der Waals surface area contributed by atoms with E-state index in [0.717, 1.165) is 0 Å². The predicted molar refractivity (Wildman–Crippen MR) is 42.3 cm³/mol. The van der Waals surface area contributed by atoms with E-state index in [4.69, 9.17) is 10.2 Å². The molecule has 0 saturated heterocycles. The number of hydrogen-bond acceptors (Lipinski definition) is 2. The van der Waals surface area contributed by atoms with Crippen molar-refractivity contribution in [3.05, 3.63) is 0 Å². The number of aliphatic carboxylic acids is 1. The molecule has 1 rings (SSSR count). The van der Waals surface area contributed by atoms with E-state index in [-0.39, 0.29) is 19.4 Å². The minimum absolute atomic E-state index is 0. The van der Waals surface area contributed by atoms with Crippen LogP contribution < -0.4 is 0 Å². The Kier molecular flexibility index (Phi) is 4.11. The molecule has 0 aromatic heterocycles.